The number of aliphatic hydroxyl groups excluding tert-OH is 1. The van der Waals surface area contributed by atoms with E-state index >= 15 is 0 Å². The van der Waals surface area contributed by atoms with Gasteiger partial charge in [0.15, 0.2) is 0 Å². The van der Waals surface area contributed by atoms with Crippen molar-refractivity contribution >= 4 is 16.9 Å². The number of aliphatic hydroxyl groups is 1. The Morgan fingerprint density at radius 2 is 1.26 bits per heavy atom. The summed E-state index contributed by atoms with van der Waals surface area (Å²) >= 11 is 0. The summed E-state index contributed by atoms with van der Waals surface area (Å²) in [5, 5.41) is 8.37. The molecule has 3 heteroatoms. The maximum atomic E-state index is 12.2. The highest BCUT2D eigenvalue weighted by Crippen LogP contribution is 2.14. The molecule has 0 amide bonds. The van der Waals surface area contributed by atoms with Crippen LogP contribution in [0, 0.1) is 5.92 Å². The zero-order valence-electron chi connectivity index (χ0n) is 23.5. The van der Waals surface area contributed by atoms with Gasteiger partial charge in [0, 0.05) is 23.2 Å². The molecule has 1 aliphatic carbocycles. The summed E-state index contributed by atoms with van der Waals surface area (Å²) in [6, 6.07) is 8.10. The molecule has 1 N–H and O–H groups in total. The second kappa shape index (κ2) is 28.5. The van der Waals surface area contributed by atoms with Crippen molar-refractivity contribution in [2.75, 3.05) is 12.4 Å². The molecule has 1 atom stereocenters. The van der Waals surface area contributed by atoms with Gasteiger partial charge in [0.1, 0.15) is 0 Å². The van der Waals surface area contributed by atoms with Crippen LogP contribution in [0.15, 0.2) is 71.7 Å². The van der Waals surface area contributed by atoms with Crippen LogP contribution in [0.4, 0.5) is 0 Å². The van der Waals surface area contributed by atoms with Crippen molar-refractivity contribution in [3.63, 3.8) is 0 Å². The van der Waals surface area contributed by atoms with Gasteiger partial charge < -0.3 is 5.11 Å². The molecule has 0 saturated carbocycles. The van der Waals surface area contributed by atoms with Crippen LogP contribution in [0.1, 0.15) is 105 Å². The monoisotopic (exact) mass is 502 g/mol. The third-order valence-electron chi connectivity index (χ3n) is 5.10. The zero-order valence-corrected chi connectivity index (χ0v) is 24.4. The zero-order chi connectivity index (χ0) is 26.6. The average Bonchev–Trinajstić information content (AvgIpc) is 3.20. The van der Waals surface area contributed by atoms with Gasteiger partial charge in [0.05, 0.1) is 10.8 Å². The molecule has 0 aliphatic heterocycles. The van der Waals surface area contributed by atoms with Crippen LogP contribution in [0.25, 0.3) is 6.08 Å². The second-order valence-electron chi connectivity index (χ2n) is 7.91. The van der Waals surface area contributed by atoms with Gasteiger partial charge in [-0.3, -0.25) is 4.21 Å². The molecule has 0 aromatic heterocycles. The lowest BCUT2D eigenvalue weighted by atomic mass is 10.1. The number of unbranched alkanes of at least 4 members (excludes halogenated alkanes) is 7. The molecule has 1 aliphatic rings. The summed E-state index contributed by atoms with van der Waals surface area (Å²) in [7, 11) is -0.860. The fraction of sp³-hybridized carbons (Fsp3) is 0.562. The standard InChI is InChI=1S/C21H26OS.C7H16O.2C2H6/c1-2-3-4-9-18-23(22)21-16-14-20(15-17-21)13-12-19-10-7-5-6-8-11-19;1-2-3-4-5-6-7-8;2*1-2/h5-8,10-17,19H,2-4,9,18H2,1H3;8H,2-7H2,1H3;2*1-2H3/b13-12+;;;. The van der Waals surface area contributed by atoms with Crippen molar-refractivity contribution in [1.82, 2.24) is 0 Å². The van der Waals surface area contributed by atoms with Crippen molar-refractivity contribution in [2.24, 2.45) is 5.92 Å². The summed E-state index contributed by atoms with van der Waals surface area (Å²) < 4.78 is 12.2. The first-order chi connectivity index (χ1) is 17.2. The molecule has 0 saturated heterocycles. The van der Waals surface area contributed by atoms with E-state index in [4.69, 9.17) is 5.11 Å². The van der Waals surface area contributed by atoms with Crippen molar-refractivity contribution < 1.29 is 9.32 Å². The number of allylic oxidation sites excluding steroid dienone is 7. The predicted octanol–water partition coefficient (Wildman–Crippen LogP) is 9.69. The van der Waals surface area contributed by atoms with E-state index in [0.29, 0.717) is 12.5 Å². The van der Waals surface area contributed by atoms with Crippen LogP contribution in [-0.4, -0.2) is 21.7 Å². The van der Waals surface area contributed by atoms with Crippen molar-refractivity contribution in [3.05, 3.63) is 72.4 Å². The molecule has 1 unspecified atom stereocenters. The number of hydrogen-bond donors (Lipinski definition) is 1. The summed E-state index contributed by atoms with van der Waals surface area (Å²) in [6.07, 6.45) is 27.6. The predicted molar refractivity (Wildman–Crippen MR) is 160 cm³/mol. The minimum atomic E-state index is -0.860. The highest BCUT2D eigenvalue weighted by molar-refractivity contribution is 7.85. The molecule has 1 aromatic carbocycles. The smallest absolute Gasteiger partial charge is 0.0529 e. The number of benzene rings is 1. The molecular formula is C32H54O2S. The lowest BCUT2D eigenvalue weighted by molar-refractivity contribution is 0.282. The van der Waals surface area contributed by atoms with E-state index in [9.17, 15) is 4.21 Å². The van der Waals surface area contributed by atoms with E-state index in [1.807, 2.05) is 52.0 Å². The first-order valence-corrected chi connectivity index (χ1v) is 15.3. The van der Waals surface area contributed by atoms with Crippen molar-refractivity contribution in [3.8, 4) is 0 Å². The fourth-order valence-electron chi connectivity index (χ4n) is 3.15. The third-order valence-corrected chi connectivity index (χ3v) is 6.56. The minimum Gasteiger partial charge on any atom is -0.396 e. The van der Waals surface area contributed by atoms with Gasteiger partial charge in [0.2, 0.25) is 0 Å². The lowest BCUT2D eigenvalue weighted by Crippen LogP contribution is -1.98. The minimum absolute atomic E-state index is 0.331. The molecule has 0 fully saturated rings. The molecule has 0 heterocycles. The molecule has 2 rings (SSSR count). The van der Waals surface area contributed by atoms with Crippen LogP contribution < -0.4 is 0 Å². The van der Waals surface area contributed by atoms with Gasteiger partial charge in [-0.15, -0.1) is 0 Å². The molecule has 200 valence electrons. The van der Waals surface area contributed by atoms with Gasteiger partial charge in [-0.05, 0) is 30.5 Å². The summed E-state index contributed by atoms with van der Waals surface area (Å²) in [4.78, 5) is 0.942. The van der Waals surface area contributed by atoms with E-state index in [2.05, 4.69) is 62.4 Å². The Labute approximate surface area is 220 Å². The van der Waals surface area contributed by atoms with Gasteiger partial charge in [-0.25, -0.2) is 0 Å². The van der Waals surface area contributed by atoms with Gasteiger partial charge in [-0.2, -0.15) is 0 Å². The van der Waals surface area contributed by atoms with Gasteiger partial charge in [0.25, 0.3) is 0 Å². The van der Waals surface area contributed by atoms with Gasteiger partial charge in [-0.1, -0.05) is 147 Å². The Bertz CT molecular complexity index is 677. The summed E-state index contributed by atoms with van der Waals surface area (Å²) in [6.45, 7) is 12.8. The first kappa shape index (κ1) is 35.5. The maximum absolute atomic E-state index is 12.2. The van der Waals surface area contributed by atoms with Crippen molar-refractivity contribution in [1.29, 1.82) is 0 Å². The normalized spacial score (nSPS) is 13.1. The first-order valence-electron chi connectivity index (χ1n) is 14.0. The second-order valence-corrected chi connectivity index (χ2v) is 9.48. The Balaban J connectivity index is 0. The largest absolute Gasteiger partial charge is 0.396 e. The molecule has 2 nitrogen and oxygen atoms in total. The molecule has 35 heavy (non-hydrogen) atoms. The van der Waals surface area contributed by atoms with E-state index in [1.54, 1.807) is 0 Å². The Morgan fingerprint density at radius 1 is 0.743 bits per heavy atom. The van der Waals surface area contributed by atoms with E-state index in [1.165, 1.54) is 44.9 Å². The Hall–Kier alpha value is -1.71. The maximum Gasteiger partial charge on any atom is 0.0529 e. The number of hydrogen-bond acceptors (Lipinski definition) is 2. The highest BCUT2D eigenvalue weighted by atomic mass is 32.2. The highest BCUT2D eigenvalue weighted by Gasteiger charge is 2.03. The number of rotatable bonds is 13. The van der Waals surface area contributed by atoms with E-state index in [0.717, 1.165) is 29.1 Å². The van der Waals surface area contributed by atoms with Crippen LogP contribution in [0.5, 0.6) is 0 Å². The average molecular weight is 503 g/mol. The molecule has 1 aromatic rings. The van der Waals surface area contributed by atoms with Crippen LogP contribution in [0.3, 0.4) is 0 Å². The van der Waals surface area contributed by atoms with E-state index < -0.39 is 10.8 Å². The lowest BCUT2D eigenvalue weighted by Gasteiger charge is -2.03. The van der Waals surface area contributed by atoms with Crippen LogP contribution in [0.2, 0.25) is 0 Å². The van der Waals surface area contributed by atoms with Crippen LogP contribution in [-0.2, 0) is 10.8 Å². The summed E-state index contributed by atoms with van der Waals surface area (Å²) in [5.74, 6) is 1.11. The molecule has 0 bridgehead atoms. The van der Waals surface area contributed by atoms with Crippen molar-refractivity contribution in [2.45, 2.75) is 104 Å². The van der Waals surface area contributed by atoms with Crippen LogP contribution >= 0.6 is 0 Å². The Morgan fingerprint density at radius 3 is 1.77 bits per heavy atom. The molecule has 0 radical (unpaired) electrons. The topological polar surface area (TPSA) is 37.3 Å². The SMILES string of the molecule is CC.CC.CCCCCCCO.CCCCCCS(=O)c1ccc(/C=C/C2C=CC=CC=C2)cc1. The molecular weight excluding hydrogens is 448 g/mol. The van der Waals surface area contributed by atoms with Gasteiger partial charge >= 0.3 is 0 Å². The third kappa shape index (κ3) is 21.3. The Kier molecular flexibility index (Phi) is 28.9. The quantitative estimate of drug-likeness (QED) is 0.273. The summed E-state index contributed by atoms with van der Waals surface area (Å²) in [5.41, 5.74) is 1.15. The van der Waals surface area contributed by atoms with E-state index in [-0.39, 0.29) is 0 Å². The fourth-order valence-corrected chi connectivity index (χ4v) is 4.29. The molecule has 0 spiro atoms.